The molecule has 0 saturated heterocycles. The number of amides is 2. The normalized spacial score (nSPS) is 18.2. The summed E-state index contributed by atoms with van der Waals surface area (Å²) < 4.78 is 0. The third kappa shape index (κ3) is 4.95. The average molecular weight is 438 g/mol. The number of H-pyrrole nitrogens is 1. The van der Waals surface area contributed by atoms with Crippen LogP contribution in [0.3, 0.4) is 0 Å². The van der Waals surface area contributed by atoms with Crippen LogP contribution in [-0.2, 0) is 0 Å². The van der Waals surface area contributed by atoms with E-state index in [0.717, 1.165) is 34.3 Å². The summed E-state index contributed by atoms with van der Waals surface area (Å²) in [6, 6.07) is 28.9. The van der Waals surface area contributed by atoms with Gasteiger partial charge in [-0.1, -0.05) is 78.9 Å². The standard InChI is InChI=1S/C29H31N3O/c33-29(30-20-19-21-15-17-23(18-16-21)22-9-3-1-4-10-22)32-28-25-13-7-8-14-26(25)31-27(28)24-11-5-2-6-12-24/h1-14,21,23,31H,15-20H2,(H2,30,32,33). The van der Waals surface area contributed by atoms with Crippen molar-refractivity contribution in [1.82, 2.24) is 10.3 Å². The number of nitrogens with one attached hydrogen (secondary N) is 3. The fourth-order valence-corrected chi connectivity index (χ4v) is 5.15. The minimum Gasteiger partial charge on any atom is -0.353 e. The number of hydrogen-bond acceptors (Lipinski definition) is 1. The molecule has 1 fully saturated rings. The van der Waals surface area contributed by atoms with Crippen molar-refractivity contribution in [3.8, 4) is 11.3 Å². The molecule has 0 unspecified atom stereocenters. The number of hydrogen-bond donors (Lipinski definition) is 3. The summed E-state index contributed by atoms with van der Waals surface area (Å²) in [5, 5.41) is 7.23. The molecule has 3 aromatic carbocycles. The largest absolute Gasteiger partial charge is 0.353 e. The fraction of sp³-hybridized carbons (Fsp3) is 0.276. The lowest BCUT2D eigenvalue weighted by atomic mass is 9.77. The molecule has 0 radical (unpaired) electrons. The Morgan fingerprint density at radius 3 is 2.24 bits per heavy atom. The van der Waals surface area contributed by atoms with Gasteiger partial charge in [0.05, 0.1) is 11.4 Å². The van der Waals surface area contributed by atoms with Gasteiger partial charge >= 0.3 is 6.03 Å². The predicted octanol–water partition coefficient (Wildman–Crippen LogP) is 7.32. The van der Waals surface area contributed by atoms with Crippen molar-refractivity contribution in [3.05, 3.63) is 90.5 Å². The van der Waals surface area contributed by atoms with Gasteiger partial charge in [0.15, 0.2) is 0 Å². The van der Waals surface area contributed by atoms with Gasteiger partial charge in [-0.2, -0.15) is 0 Å². The number of anilines is 1. The maximum atomic E-state index is 12.8. The van der Waals surface area contributed by atoms with Crippen molar-refractivity contribution in [2.45, 2.75) is 38.0 Å². The number of carbonyl (C=O) groups excluding carboxylic acids is 1. The van der Waals surface area contributed by atoms with Crippen molar-refractivity contribution in [2.24, 2.45) is 5.92 Å². The highest BCUT2D eigenvalue weighted by Crippen LogP contribution is 2.37. The van der Waals surface area contributed by atoms with Crippen LogP contribution >= 0.6 is 0 Å². The number of para-hydroxylation sites is 1. The number of benzene rings is 3. The fourth-order valence-electron chi connectivity index (χ4n) is 5.15. The molecule has 1 saturated carbocycles. The Labute approximate surface area is 195 Å². The van der Waals surface area contributed by atoms with Crippen LogP contribution in [0.1, 0.15) is 43.6 Å². The van der Waals surface area contributed by atoms with E-state index in [1.807, 2.05) is 42.5 Å². The van der Waals surface area contributed by atoms with Crippen molar-refractivity contribution in [2.75, 3.05) is 11.9 Å². The monoisotopic (exact) mass is 437 g/mol. The number of carbonyl (C=O) groups is 1. The van der Waals surface area contributed by atoms with Gasteiger partial charge < -0.3 is 15.6 Å². The Bertz CT molecular complexity index is 1190. The highest BCUT2D eigenvalue weighted by molar-refractivity contribution is 6.07. The molecule has 4 heteroatoms. The van der Waals surface area contributed by atoms with Crippen LogP contribution < -0.4 is 10.6 Å². The van der Waals surface area contributed by atoms with Gasteiger partial charge in [-0.15, -0.1) is 0 Å². The second-order valence-corrected chi connectivity index (χ2v) is 9.08. The van der Waals surface area contributed by atoms with Crippen LogP contribution in [0.5, 0.6) is 0 Å². The quantitative estimate of drug-likeness (QED) is 0.291. The SMILES string of the molecule is O=C(NCCC1CCC(c2ccccc2)CC1)Nc1c(-c2ccccc2)[nH]c2ccccc12. The van der Waals surface area contributed by atoms with Gasteiger partial charge in [-0.3, -0.25) is 0 Å². The number of fused-ring (bicyclic) bond motifs is 1. The third-order valence-electron chi connectivity index (χ3n) is 6.96. The zero-order valence-corrected chi connectivity index (χ0v) is 18.9. The van der Waals surface area contributed by atoms with Gasteiger partial charge in [0.25, 0.3) is 0 Å². The molecule has 1 heterocycles. The molecule has 4 nitrogen and oxygen atoms in total. The van der Waals surface area contributed by atoms with Crippen molar-refractivity contribution in [1.29, 1.82) is 0 Å². The highest BCUT2D eigenvalue weighted by Gasteiger charge is 2.22. The Balaban J connectivity index is 1.17. The number of rotatable bonds is 6. The molecule has 33 heavy (non-hydrogen) atoms. The molecule has 3 N–H and O–H groups in total. The van der Waals surface area contributed by atoms with E-state index in [4.69, 9.17) is 0 Å². The van der Waals surface area contributed by atoms with Crippen LogP contribution in [0, 0.1) is 5.92 Å². The van der Waals surface area contributed by atoms with Crippen LogP contribution in [0.4, 0.5) is 10.5 Å². The average Bonchev–Trinajstić information content (AvgIpc) is 3.24. The molecular weight excluding hydrogens is 406 g/mol. The summed E-state index contributed by atoms with van der Waals surface area (Å²) in [5.41, 5.74) is 5.31. The molecule has 168 valence electrons. The molecule has 0 aliphatic heterocycles. The van der Waals surface area contributed by atoms with Gasteiger partial charge in [0.2, 0.25) is 0 Å². The molecule has 1 aliphatic rings. The molecule has 1 aliphatic carbocycles. The molecule has 4 aromatic rings. The van der Waals surface area contributed by atoms with Crippen LogP contribution in [0.25, 0.3) is 22.2 Å². The first-order valence-corrected chi connectivity index (χ1v) is 12.0. The second kappa shape index (κ2) is 9.95. The minimum atomic E-state index is -0.144. The van der Waals surface area contributed by atoms with E-state index in [-0.39, 0.29) is 6.03 Å². The minimum absolute atomic E-state index is 0.144. The van der Waals surface area contributed by atoms with E-state index >= 15 is 0 Å². The van der Waals surface area contributed by atoms with E-state index in [1.165, 1.54) is 31.2 Å². The van der Waals surface area contributed by atoms with Gasteiger partial charge in [-0.05, 0) is 55.6 Å². The number of urea groups is 1. The molecule has 5 rings (SSSR count). The first-order valence-electron chi connectivity index (χ1n) is 12.0. The maximum absolute atomic E-state index is 12.8. The number of aromatic amines is 1. The van der Waals surface area contributed by atoms with Crippen LogP contribution in [-0.4, -0.2) is 17.6 Å². The summed E-state index contributed by atoms with van der Waals surface area (Å²) in [7, 11) is 0. The van der Waals surface area contributed by atoms with E-state index in [9.17, 15) is 4.79 Å². The third-order valence-corrected chi connectivity index (χ3v) is 6.96. The lowest BCUT2D eigenvalue weighted by Gasteiger charge is -2.28. The van der Waals surface area contributed by atoms with Gasteiger partial charge in [-0.25, -0.2) is 4.79 Å². The first kappa shape index (κ1) is 21.3. The molecule has 0 atom stereocenters. The summed E-state index contributed by atoms with van der Waals surface area (Å²) in [6.45, 7) is 0.704. The molecular formula is C29H31N3O. The van der Waals surface area contributed by atoms with Crippen molar-refractivity contribution < 1.29 is 4.79 Å². The van der Waals surface area contributed by atoms with E-state index in [0.29, 0.717) is 18.4 Å². The number of aromatic nitrogens is 1. The summed E-state index contributed by atoms with van der Waals surface area (Å²) in [4.78, 5) is 16.2. The Morgan fingerprint density at radius 1 is 0.818 bits per heavy atom. The first-order chi connectivity index (χ1) is 16.3. The Morgan fingerprint density at radius 2 is 1.48 bits per heavy atom. The molecule has 0 bridgehead atoms. The van der Waals surface area contributed by atoms with E-state index < -0.39 is 0 Å². The van der Waals surface area contributed by atoms with E-state index in [1.54, 1.807) is 0 Å². The molecule has 0 spiro atoms. The highest BCUT2D eigenvalue weighted by atomic mass is 16.2. The lowest BCUT2D eigenvalue weighted by molar-refractivity contribution is 0.249. The second-order valence-electron chi connectivity index (χ2n) is 9.08. The summed E-state index contributed by atoms with van der Waals surface area (Å²) >= 11 is 0. The van der Waals surface area contributed by atoms with Gasteiger partial charge in [0, 0.05) is 23.0 Å². The lowest BCUT2D eigenvalue weighted by Crippen LogP contribution is -2.31. The van der Waals surface area contributed by atoms with Crippen LogP contribution in [0.15, 0.2) is 84.9 Å². The van der Waals surface area contributed by atoms with Crippen molar-refractivity contribution in [3.63, 3.8) is 0 Å². The Hall–Kier alpha value is -3.53. The van der Waals surface area contributed by atoms with Gasteiger partial charge in [0.1, 0.15) is 0 Å². The maximum Gasteiger partial charge on any atom is 0.319 e. The van der Waals surface area contributed by atoms with E-state index in [2.05, 4.69) is 58.1 Å². The predicted molar refractivity (Wildman–Crippen MR) is 137 cm³/mol. The summed E-state index contributed by atoms with van der Waals surface area (Å²) in [5.74, 6) is 1.38. The zero-order chi connectivity index (χ0) is 22.5. The summed E-state index contributed by atoms with van der Waals surface area (Å²) in [6.07, 6.45) is 6.01. The van der Waals surface area contributed by atoms with Crippen LogP contribution in [0.2, 0.25) is 0 Å². The van der Waals surface area contributed by atoms with Crippen molar-refractivity contribution >= 4 is 22.6 Å². The molecule has 1 aromatic heterocycles. The topological polar surface area (TPSA) is 56.9 Å². The smallest absolute Gasteiger partial charge is 0.319 e. The zero-order valence-electron chi connectivity index (χ0n) is 18.9. The Kier molecular flexibility index (Phi) is 6.43. The molecule has 2 amide bonds.